The number of sulfonamides is 1. The predicted molar refractivity (Wildman–Crippen MR) is 81.1 cm³/mol. The first-order valence-corrected chi connectivity index (χ1v) is 8.12. The van der Waals surface area contributed by atoms with Crippen LogP contribution in [0.25, 0.3) is 0 Å². The van der Waals surface area contributed by atoms with E-state index in [1.165, 1.54) is 43.3 Å². The van der Waals surface area contributed by atoms with Crippen LogP contribution < -0.4 is 10.0 Å². The van der Waals surface area contributed by atoms with Gasteiger partial charge >= 0.3 is 6.03 Å². The van der Waals surface area contributed by atoms with E-state index in [9.17, 15) is 22.8 Å². The summed E-state index contributed by atoms with van der Waals surface area (Å²) >= 11 is 0. The Morgan fingerprint density at radius 2 is 1.83 bits per heavy atom. The van der Waals surface area contributed by atoms with Gasteiger partial charge < -0.3 is 10.2 Å². The number of nitrogens with zero attached hydrogens (tertiary/aromatic N) is 2. The summed E-state index contributed by atoms with van der Waals surface area (Å²) in [5.41, 5.74) is 0.359. The zero-order chi connectivity index (χ0) is 17.2. The fraction of sp³-hybridized carbons (Fsp3) is 0.308. The third-order valence-corrected chi connectivity index (χ3v) is 4.68. The Labute approximate surface area is 133 Å². The van der Waals surface area contributed by atoms with Gasteiger partial charge in [-0.3, -0.25) is 14.5 Å². The van der Waals surface area contributed by atoms with E-state index >= 15 is 0 Å². The fourth-order valence-electron chi connectivity index (χ4n) is 2.00. The van der Waals surface area contributed by atoms with Crippen LogP contribution >= 0.6 is 0 Å². The summed E-state index contributed by atoms with van der Waals surface area (Å²) in [6, 6.07) is 4.98. The SMILES string of the molecule is CNS(=O)(=O)c1ccc(NC(=O)CN2C(=O)CN(C)C2=O)cc1. The van der Waals surface area contributed by atoms with E-state index in [-0.39, 0.29) is 11.4 Å². The molecule has 4 amide bonds. The van der Waals surface area contributed by atoms with E-state index in [4.69, 9.17) is 0 Å². The van der Waals surface area contributed by atoms with Crippen LogP contribution in [0, 0.1) is 0 Å². The van der Waals surface area contributed by atoms with Crippen LogP contribution in [-0.4, -0.2) is 63.2 Å². The molecule has 2 rings (SSSR count). The van der Waals surface area contributed by atoms with Crippen molar-refractivity contribution in [3.63, 3.8) is 0 Å². The number of benzene rings is 1. The van der Waals surface area contributed by atoms with Crippen LogP contribution in [0.3, 0.4) is 0 Å². The predicted octanol–water partition coefficient (Wildman–Crippen LogP) is -0.573. The largest absolute Gasteiger partial charge is 0.327 e. The number of likely N-dealkylation sites (N-methyl/N-ethyl adjacent to an activating group) is 1. The van der Waals surface area contributed by atoms with Crippen molar-refractivity contribution in [1.29, 1.82) is 0 Å². The highest BCUT2D eigenvalue weighted by atomic mass is 32.2. The molecule has 1 heterocycles. The van der Waals surface area contributed by atoms with Crippen molar-refractivity contribution in [1.82, 2.24) is 14.5 Å². The Hall–Kier alpha value is -2.46. The van der Waals surface area contributed by atoms with Crippen molar-refractivity contribution in [3.05, 3.63) is 24.3 Å². The molecule has 2 N–H and O–H groups in total. The third kappa shape index (κ3) is 3.66. The summed E-state index contributed by atoms with van der Waals surface area (Å²) in [5, 5.41) is 2.50. The molecule has 1 saturated heterocycles. The van der Waals surface area contributed by atoms with E-state index in [1.54, 1.807) is 0 Å². The van der Waals surface area contributed by atoms with E-state index in [1.807, 2.05) is 0 Å². The average molecular weight is 340 g/mol. The van der Waals surface area contributed by atoms with Gasteiger partial charge in [-0.15, -0.1) is 0 Å². The van der Waals surface area contributed by atoms with Gasteiger partial charge in [-0.1, -0.05) is 0 Å². The average Bonchev–Trinajstić information content (AvgIpc) is 2.74. The van der Waals surface area contributed by atoms with Gasteiger partial charge in [0.15, 0.2) is 0 Å². The van der Waals surface area contributed by atoms with Crippen molar-refractivity contribution in [3.8, 4) is 0 Å². The maximum Gasteiger partial charge on any atom is 0.327 e. The van der Waals surface area contributed by atoms with Crippen molar-refractivity contribution >= 4 is 33.6 Å². The number of hydrogen-bond donors (Lipinski definition) is 2. The number of imide groups is 1. The maximum atomic E-state index is 11.9. The first-order valence-electron chi connectivity index (χ1n) is 6.63. The molecule has 124 valence electrons. The molecule has 0 bridgehead atoms. The Kier molecular flexibility index (Phi) is 4.66. The molecule has 0 atom stereocenters. The summed E-state index contributed by atoms with van der Waals surface area (Å²) in [7, 11) is -0.780. The number of carbonyl (C=O) groups is 3. The molecule has 1 aliphatic rings. The Balaban J connectivity index is 2.01. The molecule has 1 aromatic carbocycles. The van der Waals surface area contributed by atoms with Crippen LogP contribution in [0.5, 0.6) is 0 Å². The highest BCUT2D eigenvalue weighted by Crippen LogP contribution is 2.14. The monoisotopic (exact) mass is 340 g/mol. The molecule has 0 aliphatic carbocycles. The Morgan fingerprint density at radius 3 is 2.30 bits per heavy atom. The van der Waals surface area contributed by atoms with Crippen LogP contribution in [0.4, 0.5) is 10.5 Å². The molecule has 1 aromatic rings. The minimum Gasteiger partial charge on any atom is -0.325 e. The van der Waals surface area contributed by atoms with E-state index in [0.717, 1.165) is 4.90 Å². The molecule has 0 saturated carbocycles. The molecule has 0 spiro atoms. The van der Waals surface area contributed by atoms with Gasteiger partial charge in [0.1, 0.15) is 13.1 Å². The molecular weight excluding hydrogens is 324 g/mol. The lowest BCUT2D eigenvalue weighted by Crippen LogP contribution is -2.38. The second-order valence-corrected chi connectivity index (χ2v) is 6.79. The van der Waals surface area contributed by atoms with Crippen LogP contribution in [0.2, 0.25) is 0 Å². The van der Waals surface area contributed by atoms with Gasteiger partial charge in [-0.25, -0.2) is 17.9 Å². The van der Waals surface area contributed by atoms with Gasteiger partial charge in [-0.2, -0.15) is 0 Å². The normalized spacial score (nSPS) is 15.2. The molecule has 0 unspecified atom stereocenters. The summed E-state index contributed by atoms with van der Waals surface area (Å²) in [6.45, 7) is -0.443. The summed E-state index contributed by atoms with van der Waals surface area (Å²) in [4.78, 5) is 37.3. The minimum absolute atomic E-state index is 0.0529. The second kappa shape index (κ2) is 6.34. The zero-order valence-electron chi connectivity index (χ0n) is 12.6. The first kappa shape index (κ1) is 16.9. The topological polar surface area (TPSA) is 116 Å². The van der Waals surface area contributed by atoms with Crippen LogP contribution in [-0.2, 0) is 19.6 Å². The Bertz CT molecular complexity index is 744. The van der Waals surface area contributed by atoms with Crippen molar-refractivity contribution in [2.75, 3.05) is 32.5 Å². The van der Waals surface area contributed by atoms with Crippen molar-refractivity contribution in [2.24, 2.45) is 0 Å². The third-order valence-electron chi connectivity index (χ3n) is 3.25. The number of nitrogens with one attached hydrogen (secondary N) is 2. The van der Waals surface area contributed by atoms with Gasteiger partial charge in [-0.05, 0) is 31.3 Å². The second-order valence-electron chi connectivity index (χ2n) is 4.90. The Morgan fingerprint density at radius 1 is 1.22 bits per heavy atom. The van der Waals surface area contributed by atoms with Gasteiger partial charge in [0.25, 0.3) is 5.91 Å². The van der Waals surface area contributed by atoms with E-state index in [0.29, 0.717) is 5.69 Å². The molecule has 1 aliphatic heterocycles. The maximum absolute atomic E-state index is 11.9. The number of hydrogen-bond acceptors (Lipinski definition) is 5. The highest BCUT2D eigenvalue weighted by Gasteiger charge is 2.34. The van der Waals surface area contributed by atoms with E-state index in [2.05, 4.69) is 10.0 Å². The minimum atomic E-state index is -3.55. The first-order chi connectivity index (χ1) is 10.7. The number of anilines is 1. The van der Waals surface area contributed by atoms with Crippen molar-refractivity contribution in [2.45, 2.75) is 4.90 Å². The number of urea groups is 1. The summed E-state index contributed by atoms with van der Waals surface area (Å²) in [5.74, 6) is -0.991. The lowest BCUT2D eigenvalue weighted by Gasteiger charge is -2.14. The van der Waals surface area contributed by atoms with E-state index < -0.39 is 34.4 Å². The molecule has 23 heavy (non-hydrogen) atoms. The van der Waals surface area contributed by atoms with Gasteiger partial charge in [0.2, 0.25) is 15.9 Å². The van der Waals surface area contributed by atoms with Crippen LogP contribution in [0.1, 0.15) is 0 Å². The smallest absolute Gasteiger partial charge is 0.325 e. The lowest BCUT2D eigenvalue weighted by molar-refractivity contribution is -0.129. The zero-order valence-corrected chi connectivity index (χ0v) is 13.4. The fourth-order valence-corrected chi connectivity index (χ4v) is 2.73. The lowest BCUT2D eigenvalue weighted by atomic mass is 10.3. The van der Waals surface area contributed by atoms with Crippen LogP contribution in [0.15, 0.2) is 29.2 Å². The molecule has 10 heteroatoms. The summed E-state index contributed by atoms with van der Waals surface area (Å²) < 4.78 is 25.3. The van der Waals surface area contributed by atoms with Gasteiger partial charge in [0.05, 0.1) is 4.90 Å². The summed E-state index contributed by atoms with van der Waals surface area (Å²) in [6.07, 6.45) is 0. The number of amides is 4. The molecular formula is C13H16N4O5S. The molecule has 0 radical (unpaired) electrons. The molecule has 0 aromatic heterocycles. The van der Waals surface area contributed by atoms with Gasteiger partial charge in [0, 0.05) is 12.7 Å². The quantitative estimate of drug-likeness (QED) is 0.696. The number of carbonyl (C=O) groups excluding carboxylic acids is 3. The number of rotatable bonds is 5. The highest BCUT2D eigenvalue weighted by molar-refractivity contribution is 7.89. The molecule has 1 fully saturated rings. The molecule has 9 nitrogen and oxygen atoms in total. The van der Waals surface area contributed by atoms with Crippen molar-refractivity contribution < 1.29 is 22.8 Å². The standard InChI is InChI=1S/C13H16N4O5S/c1-14-23(21,22)10-5-3-9(4-6-10)15-11(18)7-17-12(19)8-16(2)13(17)20/h3-6,14H,7-8H2,1-2H3,(H,15,18).